The monoisotopic (exact) mass is 318 g/mol. The highest BCUT2D eigenvalue weighted by atomic mass is 35.5. The fourth-order valence-corrected chi connectivity index (χ4v) is 3.70. The lowest BCUT2D eigenvalue weighted by atomic mass is 10.2. The van der Waals surface area contributed by atoms with Crippen molar-refractivity contribution in [3.63, 3.8) is 0 Å². The van der Waals surface area contributed by atoms with Crippen molar-refractivity contribution in [3.05, 3.63) is 50.6 Å². The third kappa shape index (κ3) is 2.29. The van der Waals surface area contributed by atoms with Crippen LogP contribution in [0.5, 0.6) is 0 Å². The van der Waals surface area contributed by atoms with Gasteiger partial charge in [0.15, 0.2) is 5.76 Å². The summed E-state index contributed by atoms with van der Waals surface area (Å²) in [6, 6.07) is 13.0. The van der Waals surface area contributed by atoms with Gasteiger partial charge in [-0.2, -0.15) is 5.26 Å². The summed E-state index contributed by atoms with van der Waals surface area (Å²) in [5.74, 6) is -0.0801. The molecule has 0 radical (unpaired) electrons. The quantitative estimate of drug-likeness (QED) is 0.536. The second kappa shape index (κ2) is 5.25. The molecule has 3 rings (SSSR count). The van der Waals surface area contributed by atoms with Crippen molar-refractivity contribution in [1.82, 2.24) is 4.98 Å². The molecule has 2 heterocycles. The molecular weight excluding hydrogens is 312 g/mol. The molecule has 0 atom stereocenters. The van der Waals surface area contributed by atoms with E-state index < -0.39 is 0 Å². The average Bonchev–Trinajstić information content (AvgIpc) is 3.05. The number of para-hydroxylation sites is 1. The van der Waals surface area contributed by atoms with E-state index in [0.29, 0.717) is 14.2 Å². The number of hydrogen-bond donors (Lipinski definition) is 1. The number of aromatic nitrogens is 1. The number of benzene rings is 1. The van der Waals surface area contributed by atoms with E-state index >= 15 is 0 Å². The maximum atomic E-state index is 10.2. The van der Waals surface area contributed by atoms with Gasteiger partial charge in [0, 0.05) is 0 Å². The van der Waals surface area contributed by atoms with Gasteiger partial charge in [-0.15, -0.1) is 22.7 Å². The minimum absolute atomic E-state index is 0.0801. The minimum Gasteiger partial charge on any atom is -0.505 e. The predicted molar refractivity (Wildman–Crippen MR) is 84.0 cm³/mol. The van der Waals surface area contributed by atoms with Crippen molar-refractivity contribution >= 4 is 55.8 Å². The molecule has 98 valence electrons. The normalized spacial score (nSPS) is 12.2. The fraction of sp³-hybridized carbons (Fsp3) is 0. The number of nitriles is 1. The Morgan fingerprint density at radius 3 is 2.65 bits per heavy atom. The second-order valence-electron chi connectivity index (χ2n) is 3.93. The highest BCUT2D eigenvalue weighted by molar-refractivity contribution is 7.20. The van der Waals surface area contributed by atoms with Crippen LogP contribution in [0.2, 0.25) is 4.34 Å². The standard InChI is InChI=1S/C14H7ClN2OS2/c15-12-6-5-11(19-12)13(18)8(7-16)14-17-9-3-1-2-4-10(9)20-14/h1-6,18H. The number of allylic oxidation sites excluding steroid dienone is 1. The van der Waals surface area contributed by atoms with Crippen LogP contribution in [-0.4, -0.2) is 10.1 Å². The average molecular weight is 319 g/mol. The van der Waals surface area contributed by atoms with Crippen LogP contribution >= 0.6 is 34.3 Å². The Hall–Kier alpha value is -1.87. The Morgan fingerprint density at radius 1 is 1.20 bits per heavy atom. The van der Waals surface area contributed by atoms with Crippen molar-refractivity contribution in [2.45, 2.75) is 0 Å². The number of rotatable bonds is 2. The molecule has 0 saturated carbocycles. The van der Waals surface area contributed by atoms with Gasteiger partial charge in [-0.3, -0.25) is 0 Å². The van der Waals surface area contributed by atoms with Crippen LogP contribution in [0.4, 0.5) is 0 Å². The lowest BCUT2D eigenvalue weighted by molar-refractivity contribution is 0.516. The van der Waals surface area contributed by atoms with Crippen molar-refractivity contribution in [2.24, 2.45) is 0 Å². The molecule has 0 amide bonds. The predicted octanol–water partition coefficient (Wildman–Crippen LogP) is 4.96. The highest BCUT2D eigenvalue weighted by Gasteiger charge is 2.16. The van der Waals surface area contributed by atoms with Gasteiger partial charge in [0.25, 0.3) is 0 Å². The summed E-state index contributed by atoms with van der Waals surface area (Å²) in [5, 5.41) is 20.1. The maximum Gasteiger partial charge on any atom is 0.153 e. The lowest BCUT2D eigenvalue weighted by Crippen LogP contribution is -1.86. The number of nitrogens with zero attached hydrogens (tertiary/aromatic N) is 2. The van der Waals surface area contributed by atoms with Gasteiger partial charge in [0.05, 0.1) is 19.4 Å². The van der Waals surface area contributed by atoms with Gasteiger partial charge in [-0.25, -0.2) is 4.98 Å². The second-order valence-corrected chi connectivity index (χ2v) is 6.67. The lowest BCUT2D eigenvalue weighted by Gasteiger charge is -1.98. The molecule has 3 aromatic rings. The Labute approximate surface area is 128 Å². The van der Waals surface area contributed by atoms with Crippen molar-refractivity contribution in [1.29, 1.82) is 5.26 Å². The van der Waals surface area contributed by atoms with Gasteiger partial charge in [0.1, 0.15) is 16.6 Å². The van der Waals surface area contributed by atoms with Crippen molar-refractivity contribution < 1.29 is 5.11 Å². The SMILES string of the molecule is N#CC(=C(O)c1ccc(Cl)s1)c1nc2ccccc2s1. The number of hydrogen-bond acceptors (Lipinski definition) is 5. The summed E-state index contributed by atoms with van der Waals surface area (Å²) in [6.45, 7) is 0. The van der Waals surface area contributed by atoms with Gasteiger partial charge in [-0.05, 0) is 24.3 Å². The van der Waals surface area contributed by atoms with Gasteiger partial charge in [-0.1, -0.05) is 23.7 Å². The van der Waals surface area contributed by atoms with Crippen LogP contribution < -0.4 is 0 Å². The third-order valence-corrected chi connectivity index (χ3v) is 4.95. The molecule has 0 unspecified atom stereocenters. The van der Waals surface area contributed by atoms with E-state index in [9.17, 15) is 10.4 Å². The number of thiazole rings is 1. The van der Waals surface area contributed by atoms with E-state index in [-0.39, 0.29) is 11.3 Å². The van der Waals surface area contributed by atoms with Crippen LogP contribution in [0.15, 0.2) is 36.4 Å². The minimum atomic E-state index is -0.0801. The maximum absolute atomic E-state index is 10.2. The molecular formula is C14H7ClN2OS2. The highest BCUT2D eigenvalue weighted by Crippen LogP contribution is 2.34. The first-order valence-electron chi connectivity index (χ1n) is 5.64. The first kappa shape index (κ1) is 13.1. The van der Waals surface area contributed by atoms with E-state index in [0.717, 1.165) is 10.2 Å². The van der Waals surface area contributed by atoms with E-state index in [2.05, 4.69) is 4.98 Å². The number of fused-ring (bicyclic) bond motifs is 1. The van der Waals surface area contributed by atoms with Crippen LogP contribution in [-0.2, 0) is 0 Å². The number of aliphatic hydroxyl groups is 1. The summed E-state index contributed by atoms with van der Waals surface area (Å²) in [5.41, 5.74) is 0.988. The number of halogens is 1. The molecule has 1 N–H and O–H groups in total. The summed E-state index contributed by atoms with van der Waals surface area (Å²) in [4.78, 5) is 4.95. The molecule has 0 saturated heterocycles. The molecule has 1 aromatic carbocycles. The molecule has 0 aliphatic rings. The topological polar surface area (TPSA) is 56.9 Å². The van der Waals surface area contributed by atoms with Crippen LogP contribution in [0.25, 0.3) is 21.5 Å². The Bertz CT molecular complexity index is 824. The molecule has 2 aromatic heterocycles. The number of aliphatic hydroxyl groups excluding tert-OH is 1. The van der Waals surface area contributed by atoms with Crippen LogP contribution in [0.3, 0.4) is 0 Å². The number of thiophene rings is 1. The Morgan fingerprint density at radius 2 is 2.00 bits per heavy atom. The third-order valence-electron chi connectivity index (χ3n) is 2.66. The summed E-state index contributed by atoms with van der Waals surface area (Å²) >= 11 is 8.46. The zero-order valence-electron chi connectivity index (χ0n) is 10.0. The zero-order chi connectivity index (χ0) is 14.1. The largest absolute Gasteiger partial charge is 0.505 e. The molecule has 0 aliphatic heterocycles. The van der Waals surface area contributed by atoms with Gasteiger partial charge >= 0.3 is 0 Å². The summed E-state index contributed by atoms with van der Waals surface area (Å²) < 4.78 is 1.54. The molecule has 6 heteroatoms. The van der Waals surface area contributed by atoms with Crippen LogP contribution in [0.1, 0.15) is 9.88 Å². The van der Waals surface area contributed by atoms with Gasteiger partial charge < -0.3 is 5.11 Å². The smallest absolute Gasteiger partial charge is 0.153 e. The Balaban J connectivity index is 2.16. The van der Waals surface area contributed by atoms with Crippen molar-refractivity contribution in [3.8, 4) is 6.07 Å². The zero-order valence-corrected chi connectivity index (χ0v) is 12.4. The van der Waals surface area contributed by atoms with E-state index in [1.807, 2.05) is 30.3 Å². The van der Waals surface area contributed by atoms with Gasteiger partial charge in [0.2, 0.25) is 0 Å². The Kier molecular flexibility index (Phi) is 3.45. The first-order chi connectivity index (χ1) is 9.69. The summed E-state index contributed by atoms with van der Waals surface area (Å²) in [6.07, 6.45) is 0. The molecule has 20 heavy (non-hydrogen) atoms. The molecule has 3 nitrogen and oxygen atoms in total. The van der Waals surface area contributed by atoms with E-state index in [1.54, 1.807) is 12.1 Å². The molecule has 0 spiro atoms. The first-order valence-corrected chi connectivity index (χ1v) is 7.65. The fourth-order valence-electron chi connectivity index (χ4n) is 1.75. The molecule has 0 fully saturated rings. The van der Waals surface area contributed by atoms with Crippen LogP contribution in [0, 0.1) is 11.3 Å². The summed E-state index contributed by atoms with van der Waals surface area (Å²) in [7, 11) is 0. The van der Waals surface area contributed by atoms with Crippen molar-refractivity contribution in [2.75, 3.05) is 0 Å². The van der Waals surface area contributed by atoms with E-state index in [4.69, 9.17) is 11.6 Å². The van der Waals surface area contributed by atoms with E-state index in [1.165, 1.54) is 22.7 Å². The molecule has 0 aliphatic carbocycles. The molecule has 0 bridgehead atoms.